The fraction of sp³-hybridized carbons (Fsp3) is 0.469. The van der Waals surface area contributed by atoms with Gasteiger partial charge in [-0.1, -0.05) is 11.6 Å². The highest BCUT2D eigenvalue weighted by Gasteiger charge is 2.42. The van der Waals surface area contributed by atoms with Crippen LogP contribution in [0.3, 0.4) is 0 Å². The van der Waals surface area contributed by atoms with Gasteiger partial charge in [0.05, 0.1) is 61.7 Å². The molecule has 3 amide bonds. The average molecular weight is 634 g/mol. The third-order valence-electron chi connectivity index (χ3n) is 8.63. The third kappa shape index (κ3) is 5.78. The van der Waals surface area contributed by atoms with Crippen LogP contribution in [0.2, 0.25) is 5.02 Å². The van der Waals surface area contributed by atoms with Crippen LogP contribution in [0.4, 0.5) is 4.79 Å². The van der Waals surface area contributed by atoms with Gasteiger partial charge in [-0.05, 0) is 70.0 Å². The van der Waals surface area contributed by atoms with Gasteiger partial charge in [0.15, 0.2) is 0 Å². The largest absolute Gasteiger partial charge is 0.444 e. The van der Waals surface area contributed by atoms with E-state index in [0.29, 0.717) is 37.0 Å². The summed E-state index contributed by atoms with van der Waals surface area (Å²) in [5.41, 5.74) is 3.34. The molecule has 0 radical (unpaired) electrons. The number of halogens is 1. The highest BCUT2D eigenvalue weighted by Crippen LogP contribution is 2.35. The summed E-state index contributed by atoms with van der Waals surface area (Å²) in [6, 6.07) is 7.51. The van der Waals surface area contributed by atoms with E-state index in [4.69, 9.17) is 21.1 Å². The lowest BCUT2D eigenvalue weighted by Crippen LogP contribution is -2.56. The van der Waals surface area contributed by atoms with Gasteiger partial charge in [-0.15, -0.1) is 0 Å². The molecule has 2 atom stereocenters. The number of hydrogen-bond acceptors (Lipinski definition) is 8. The van der Waals surface area contributed by atoms with Gasteiger partial charge in [-0.25, -0.2) is 14.3 Å². The molecule has 0 N–H and O–H groups in total. The molecule has 45 heavy (non-hydrogen) atoms. The lowest BCUT2D eigenvalue weighted by atomic mass is 10.1. The van der Waals surface area contributed by atoms with Crippen LogP contribution in [-0.4, -0.2) is 102 Å². The molecule has 0 unspecified atom stereocenters. The summed E-state index contributed by atoms with van der Waals surface area (Å²) in [6.45, 7) is 8.61. The zero-order valence-electron chi connectivity index (χ0n) is 25.6. The Bertz CT molecular complexity index is 1810. The van der Waals surface area contributed by atoms with E-state index < -0.39 is 5.60 Å². The van der Waals surface area contributed by atoms with Crippen molar-refractivity contribution >= 4 is 45.9 Å². The van der Waals surface area contributed by atoms with Crippen LogP contribution in [0.15, 0.2) is 43.0 Å². The fourth-order valence-electron chi connectivity index (χ4n) is 6.67. The Balaban J connectivity index is 1.19. The molecule has 0 aliphatic carbocycles. The Labute approximate surface area is 265 Å². The number of imide groups is 1. The zero-order chi connectivity index (χ0) is 31.5. The number of ether oxygens (including phenoxy) is 2. The van der Waals surface area contributed by atoms with Crippen LogP contribution < -0.4 is 0 Å². The Kier molecular flexibility index (Phi) is 7.53. The highest BCUT2D eigenvalue weighted by atomic mass is 35.5. The smallest absolute Gasteiger partial charge is 0.410 e. The summed E-state index contributed by atoms with van der Waals surface area (Å²) in [7, 11) is 0. The standard InChI is InChI=1S/C32H36ClN7O5/c1-32(2,3)45-31(43)38-9-10-44-23(17-38)16-37-8-6-21-12-22(33)13-24(29(21)37)28-26-11-20(15-40(26)35-19-34-28)14-39-27(41)18-36-7-4-5-25(36)30(39)42/h6,8,11-13,15,19,23,25H,4-5,7,9-10,14,16-18H2,1-3H3/t23-,25+/m1/s1. The SMILES string of the molecule is CC(C)(C)OC(=O)N1CCO[C@H](Cn2ccc3cc(Cl)cc(-c4ncnn5cc(CN6C(=O)CN7CCC[C@H]7C6=O)cc45)c32)C1. The Hall–Kier alpha value is -4.00. The molecule has 3 aliphatic heterocycles. The lowest BCUT2D eigenvalue weighted by Gasteiger charge is -2.34. The minimum absolute atomic E-state index is 0.130. The van der Waals surface area contributed by atoms with Crippen LogP contribution in [0.25, 0.3) is 27.7 Å². The van der Waals surface area contributed by atoms with Crippen LogP contribution in [0, 0.1) is 0 Å². The predicted molar refractivity (Wildman–Crippen MR) is 167 cm³/mol. The first-order chi connectivity index (χ1) is 21.5. The van der Waals surface area contributed by atoms with Crippen LogP contribution in [0.1, 0.15) is 39.2 Å². The number of carbonyl (C=O) groups excluding carboxylic acids is 3. The molecule has 3 fully saturated rings. The molecule has 13 heteroatoms. The second-order valence-electron chi connectivity index (χ2n) is 13.0. The zero-order valence-corrected chi connectivity index (χ0v) is 26.4. The van der Waals surface area contributed by atoms with E-state index in [1.54, 1.807) is 9.42 Å². The number of hydrogen-bond donors (Lipinski definition) is 0. The van der Waals surface area contributed by atoms with Gasteiger partial charge in [-0.2, -0.15) is 5.10 Å². The van der Waals surface area contributed by atoms with Gasteiger partial charge in [0.25, 0.3) is 0 Å². The van der Waals surface area contributed by atoms with Crippen molar-refractivity contribution in [3.63, 3.8) is 0 Å². The number of nitrogens with zero attached hydrogens (tertiary/aromatic N) is 7. The molecule has 3 aliphatic rings. The maximum absolute atomic E-state index is 13.2. The first-order valence-electron chi connectivity index (χ1n) is 15.3. The van der Waals surface area contributed by atoms with E-state index in [0.717, 1.165) is 46.9 Å². The van der Waals surface area contributed by atoms with Gasteiger partial charge >= 0.3 is 6.09 Å². The molecule has 7 rings (SSSR count). The molecular weight excluding hydrogens is 598 g/mol. The molecule has 1 aromatic carbocycles. The summed E-state index contributed by atoms with van der Waals surface area (Å²) in [5.74, 6) is -0.306. The quantitative estimate of drug-likeness (QED) is 0.303. The van der Waals surface area contributed by atoms with Gasteiger partial charge in [0, 0.05) is 34.9 Å². The van der Waals surface area contributed by atoms with Gasteiger partial charge < -0.3 is 18.9 Å². The van der Waals surface area contributed by atoms with Gasteiger partial charge in [0.1, 0.15) is 11.9 Å². The third-order valence-corrected chi connectivity index (χ3v) is 8.85. The van der Waals surface area contributed by atoms with Crippen molar-refractivity contribution in [3.8, 4) is 11.3 Å². The van der Waals surface area contributed by atoms with E-state index in [1.165, 1.54) is 11.2 Å². The summed E-state index contributed by atoms with van der Waals surface area (Å²) in [6.07, 6.45) is 6.44. The Morgan fingerprint density at radius 3 is 2.84 bits per heavy atom. The summed E-state index contributed by atoms with van der Waals surface area (Å²) in [4.78, 5) is 48.6. The molecule has 4 aromatic rings. The number of morpholine rings is 1. The molecule has 3 aromatic heterocycles. The minimum Gasteiger partial charge on any atom is -0.444 e. The van der Waals surface area contributed by atoms with Crippen molar-refractivity contribution in [3.05, 3.63) is 53.6 Å². The first kappa shape index (κ1) is 29.7. The maximum Gasteiger partial charge on any atom is 0.410 e. The number of carbonyl (C=O) groups is 3. The number of aromatic nitrogens is 4. The number of piperazine rings is 1. The highest BCUT2D eigenvalue weighted by molar-refractivity contribution is 6.32. The van der Waals surface area contributed by atoms with Crippen molar-refractivity contribution in [2.45, 2.75) is 64.4 Å². The maximum atomic E-state index is 13.2. The topological polar surface area (TPSA) is 115 Å². The monoisotopic (exact) mass is 633 g/mol. The second kappa shape index (κ2) is 11.4. The van der Waals surface area contributed by atoms with Gasteiger partial charge in [0.2, 0.25) is 11.8 Å². The predicted octanol–water partition coefficient (Wildman–Crippen LogP) is 3.97. The minimum atomic E-state index is -0.576. The van der Waals surface area contributed by atoms with Crippen molar-refractivity contribution in [1.29, 1.82) is 0 Å². The number of benzene rings is 1. The summed E-state index contributed by atoms with van der Waals surface area (Å²) < 4.78 is 15.5. The van der Waals surface area contributed by atoms with E-state index >= 15 is 0 Å². The first-order valence-corrected chi connectivity index (χ1v) is 15.7. The number of rotatable bonds is 5. The van der Waals surface area contributed by atoms with Crippen molar-refractivity contribution in [1.82, 2.24) is 33.9 Å². The summed E-state index contributed by atoms with van der Waals surface area (Å²) in [5, 5.41) is 5.93. The molecule has 0 spiro atoms. The van der Waals surface area contributed by atoms with Crippen LogP contribution in [0.5, 0.6) is 0 Å². The number of fused-ring (bicyclic) bond motifs is 3. The van der Waals surface area contributed by atoms with E-state index in [-0.39, 0.29) is 43.1 Å². The normalized spacial score (nSPS) is 21.2. The van der Waals surface area contributed by atoms with Crippen molar-refractivity contribution < 1.29 is 23.9 Å². The molecule has 3 saturated heterocycles. The van der Waals surface area contributed by atoms with Crippen LogP contribution >= 0.6 is 11.6 Å². The summed E-state index contributed by atoms with van der Waals surface area (Å²) >= 11 is 6.62. The Morgan fingerprint density at radius 2 is 2.02 bits per heavy atom. The van der Waals surface area contributed by atoms with Crippen molar-refractivity contribution in [2.75, 3.05) is 32.8 Å². The van der Waals surface area contributed by atoms with Gasteiger partial charge in [-0.3, -0.25) is 19.4 Å². The lowest BCUT2D eigenvalue weighted by molar-refractivity contribution is -0.155. The average Bonchev–Trinajstić information content (AvgIpc) is 3.72. The van der Waals surface area contributed by atoms with E-state index in [9.17, 15) is 14.4 Å². The molecule has 12 nitrogen and oxygen atoms in total. The van der Waals surface area contributed by atoms with E-state index in [2.05, 4.69) is 14.6 Å². The fourth-order valence-corrected chi connectivity index (χ4v) is 6.90. The van der Waals surface area contributed by atoms with E-state index in [1.807, 2.05) is 62.3 Å². The Morgan fingerprint density at radius 1 is 1.18 bits per heavy atom. The number of amides is 3. The molecule has 6 heterocycles. The second-order valence-corrected chi connectivity index (χ2v) is 13.4. The van der Waals surface area contributed by atoms with Crippen LogP contribution in [-0.2, 0) is 32.2 Å². The molecule has 0 bridgehead atoms. The molecule has 236 valence electrons. The molecular formula is C32H36ClN7O5. The van der Waals surface area contributed by atoms with Crippen molar-refractivity contribution in [2.24, 2.45) is 0 Å². The molecule has 0 saturated carbocycles.